The Labute approximate surface area is 72.0 Å². The van der Waals surface area contributed by atoms with Crippen LogP contribution in [0.5, 0.6) is 0 Å². The Balaban J connectivity index is 2.44. The second-order valence-corrected chi connectivity index (χ2v) is 4.41. The van der Waals surface area contributed by atoms with E-state index in [4.69, 9.17) is 0 Å². The van der Waals surface area contributed by atoms with Gasteiger partial charge >= 0.3 is 0 Å². The maximum absolute atomic E-state index is 2.29. The van der Waals surface area contributed by atoms with Crippen LogP contribution in [0.25, 0.3) is 0 Å². The van der Waals surface area contributed by atoms with Crippen molar-refractivity contribution < 1.29 is 0 Å². The summed E-state index contributed by atoms with van der Waals surface area (Å²) in [4.78, 5) is 0. The van der Waals surface area contributed by atoms with Crippen LogP contribution in [-0.4, -0.2) is 5.75 Å². The molecule has 1 heteroatoms. The van der Waals surface area contributed by atoms with Crippen LogP contribution in [0.4, 0.5) is 0 Å². The molecule has 0 saturated heterocycles. The number of thioether (sulfide) groups is 1. The minimum Gasteiger partial charge on any atom is -0.154 e. The molecule has 0 spiro atoms. The van der Waals surface area contributed by atoms with Crippen LogP contribution in [-0.2, 0) is 6.42 Å². The minimum atomic E-state index is 0.708. The van der Waals surface area contributed by atoms with Crippen LogP contribution in [0.15, 0.2) is 24.3 Å². The highest BCUT2D eigenvalue weighted by atomic mass is 32.2. The molecule has 0 nitrogen and oxygen atoms in total. The fraction of sp³-hybridized carbons (Fsp3) is 0.400. The van der Waals surface area contributed by atoms with Crippen molar-refractivity contribution in [3.05, 3.63) is 35.4 Å². The van der Waals surface area contributed by atoms with Crippen molar-refractivity contribution in [2.45, 2.75) is 18.6 Å². The Bertz CT molecular complexity index is 255. The first-order valence-electron chi connectivity index (χ1n) is 4.07. The van der Waals surface area contributed by atoms with E-state index in [9.17, 15) is 0 Å². The second-order valence-electron chi connectivity index (χ2n) is 2.96. The van der Waals surface area contributed by atoms with Crippen LogP contribution in [0, 0.1) is 0 Å². The minimum absolute atomic E-state index is 0.708. The molecule has 0 fully saturated rings. The number of hydrogen-bond acceptors (Lipinski definition) is 1. The van der Waals surface area contributed by atoms with Gasteiger partial charge in [0.2, 0.25) is 0 Å². The van der Waals surface area contributed by atoms with Crippen molar-refractivity contribution in [3.8, 4) is 0 Å². The molecule has 1 aliphatic rings. The molecule has 0 saturated carbocycles. The van der Waals surface area contributed by atoms with Gasteiger partial charge in [0.1, 0.15) is 0 Å². The predicted molar refractivity (Wildman–Crippen MR) is 51.0 cm³/mol. The highest BCUT2D eigenvalue weighted by molar-refractivity contribution is 7.99. The van der Waals surface area contributed by atoms with Gasteiger partial charge in [0.05, 0.1) is 0 Å². The summed E-state index contributed by atoms with van der Waals surface area (Å²) >= 11 is 2.06. The lowest BCUT2D eigenvalue weighted by atomic mass is 10.0. The largest absolute Gasteiger partial charge is 0.154 e. The molecule has 1 aromatic rings. The molecule has 1 aliphatic heterocycles. The molecular formula is C10H12S. The van der Waals surface area contributed by atoms with Crippen LogP contribution < -0.4 is 0 Å². The summed E-state index contributed by atoms with van der Waals surface area (Å²) in [6.45, 7) is 2.29. The van der Waals surface area contributed by atoms with Gasteiger partial charge < -0.3 is 0 Å². The van der Waals surface area contributed by atoms with E-state index in [1.807, 2.05) is 0 Å². The average Bonchev–Trinajstić information content (AvgIpc) is 2.06. The fourth-order valence-electron chi connectivity index (χ4n) is 1.59. The highest BCUT2D eigenvalue weighted by Gasteiger charge is 2.14. The van der Waals surface area contributed by atoms with Crippen molar-refractivity contribution in [2.75, 3.05) is 5.75 Å². The SMILES string of the molecule is CC1SCCc2ccccc21. The zero-order valence-corrected chi connectivity index (χ0v) is 7.53. The molecule has 1 atom stereocenters. The van der Waals surface area contributed by atoms with Gasteiger partial charge in [-0.2, -0.15) is 11.8 Å². The summed E-state index contributed by atoms with van der Waals surface area (Å²) in [6, 6.07) is 8.79. The van der Waals surface area contributed by atoms with Gasteiger partial charge in [-0.1, -0.05) is 24.3 Å². The van der Waals surface area contributed by atoms with E-state index in [-0.39, 0.29) is 0 Å². The lowest BCUT2D eigenvalue weighted by Gasteiger charge is -2.21. The molecule has 58 valence electrons. The van der Waals surface area contributed by atoms with Crippen molar-refractivity contribution in [2.24, 2.45) is 0 Å². The van der Waals surface area contributed by atoms with Crippen LogP contribution in [0.1, 0.15) is 23.3 Å². The first kappa shape index (κ1) is 7.23. The molecule has 11 heavy (non-hydrogen) atoms. The van der Waals surface area contributed by atoms with Gasteiger partial charge in [0.15, 0.2) is 0 Å². The maximum Gasteiger partial charge on any atom is 0.0271 e. The first-order chi connectivity index (χ1) is 5.38. The van der Waals surface area contributed by atoms with Crippen molar-refractivity contribution in [3.63, 3.8) is 0 Å². The number of fused-ring (bicyclic) bond motifs is 1. The van der Waals surface area contributed by atoms with Crippen LogP contribution in [0.2, 0.25) is 0 Å². The van der Waals surface area contributed by atoms with Crippen LogP contribution >= 0.6 is 11.8 Å². The summed E-state index contributed by atoms with van der Waals surface area (Å²) in [6.07, 6.45) is 1.26. The molecule has 0 N–H and O–H groups in total. The second kappa shape index (κ2) is 2.90. The maximum atomic E-state index is 2.29. The smallest absolute Gasteiger partial charge is 0.0271 e. The number of benzene rings is 1. The number of rotatable bonds is 0. The van der Waals surface area contributed by atoms with Crippen molar-refractivity contribution in [1.29, 1.82) is 0 Å². The summed E-state index contributed by atoms with van der Waals surface area (Å²) in [5.74, 6) is 1.29. The van der Waals surface area contributed by atoms with Gasteiger partial charge in [-0.3, -0.25) is 0 Å². The average molecular weight is 164 g/mol. The topological polar surface area (TPSA) is 0 Å². The Kier molecular flexibility index (Phi) is 1.91. The molecule has 0 aromatic heterocycles. The highest BCUT2D eigenvalue weighted by Crippen LogP contribution is 2.35. The molecule has 0 amide bonds. The third-order valence-corrected chi connectivity index (χ3v) is 3.43. The molecule has 0 aliphatic carbocycles. The van der Waals surface area contributed by atoms with Gasteiger partial charge in [-0.15, -0.1) is 0 Å². The molecule has 0 radical (unpaired) electrons. The monoisotopic (exact) mass is 164 g/mol. The van der Waals surface area contributed by atoms with E-state index >= 15 is 0 Å². The van der Waals surface area contributed by atoms with Crippen molar-refractivity contribution >= 4 is 11.8 Å². The van der Waals surface area contributed by atoms with Gasteiger partial charge in [0.25, 0.3) is 0 Å². The molecular weight excluding hydrogens is 152 g/mol. The van der Waals surface area contributed by atoms with E-state index in [0.717, 1.165) is 0 Å². The zero-order valence-electron chi connectivity index (χ0n) is 6.71. The standard InChI is InChI=1S/C10H12S/c1-8-10-5-3-2-4-9(10)6-7-11-8/h2-5,8H,6-7H2,1H3. The van der Waals surface area contributed by atoms with Gasteiger partial charge in [-0.25, -0.2) is 0 Å². The van der Waals surface area contributed by atoms with E-state index < -0.39 is 0 Å². The summed E-state index contributed by atoms with van der Waals surface area (Å²) < 4.78 is 0. The number of hydrogen-bond donors (Lipinski definition) is 0. The van der Waals surface area contributed by atoms with Gasteiger partial charge in [-0.05, 0) is 30.2 Å². The molecule has 1 aromatic carbocycles. The summed E-state index contributed by atoms with van der Waals surface area (Å²) in [7, 11) is 0. The van der Waals surface area contributed by atoms with E-state index in [1.165, 1.54) is 12.2 Å². The molecule has 1 unspecified atom stereocenters. The fourth-order valence-corrected chi connectivity index (χ4v) is 2.69. The molecule has 2 rings (SSSR count). The zero-order chi connectivity index (χ0) is 7.68. The lowest BCUT2D eigenvalue weighted by molar-refractivity contribution is 0.984. The summed E-state index contributed by atoms with van der Waals surface area (Å²) in [5, 5.41) is 0.708. The predicted octanol–water partition coefficient (Wildman–Crippen LogP) is 3.04. The van der Waals surface area contributed by atoms with Gasteiger partial charge in [0, 0.05) is 5.25 Å². The normalized spacial score (nSPS) is 22.8. The third kappa shape index (κ3) is 1.30. The quantitative estimate of drug-likeness (QED) is 0.568. The molecule has 1 heterocycles. The van der Waals surface area contributed by atoms with Crippen LogP contribution in [0.3, 0.4) is 0 Å². The third-order valence-electron chi connectivity index (χ3n) is 2.23. The molecule has 0 bridgehead atoms. The van der Waals surface area contributed by atoms with E-state index in [2.05, 4.69) is 43.0 Å². The number of aryl methyl sites for hydroxylation is 1. The Hall–Kier alpha value is -0.430. The summed E-state index contributed by atoms with van der Waals surface area (Å²) in [5.41, 5.74) is 3.10. The Morgan fingerprint density at radius 3 is 3.00 bits per heavy atom. The first-order valence-corrected chi connectivity index (χ1v) is 5.12. The Morgan fingerprint density at radius 1 is 1.36 bits per heavy atom. The van der Waals surface area contributed by atoms with E-state index in [0.29, 0.717) is 5.25 Å². The van der Waals surface area contributed by atoms with Crippen molar-refractivity contribution in [1.82, 2.24) is 0 Å². The Morgan fingerprint density at radius 2 is 2.18 bits per heavy atom. The van der Waals surface area contributed by atoms with E-state index in [1.54, 1.807) is 11.1 Å². The lowest BCUT2D eigenvalue weighted by Crippen LogP contribution is -2.04.